The maximum Gasteiger partial charge on any atom is 0.357 e. The molecule has 2 aliphatic rings. The third-order valence-corrected chi connectivity index (χ3v) is 18.8. The molecule has 458 valence electrons. The van der Waals surface area contributed by atoms with E-state index in [1.807, 2.05) is 97.2 Å². The van der Waals surface area contributed by atoms with Crippen molar-refractivity contribution in [2.24, 2.45) is 35.5 Å². The number of carbonyl (C=O) groups is 8. The number of aromatic nitrogens is 2. The average molecular weight is 1170 g/mol. The third kappa shape index (κ3) is 21.5. The minimum atomic E-state index is -1.07. The van der Waals surface area contributed by atoms with Gasteiger partial charge in [-0.3, -0.25) is 38.6 Å². The Morgan fingerprint density at radius 3 is 1.32 bits per heavy atom. The predicted molar refractivity (Wildman–Crippen MR) is 317 cm³/mol. The number of carbonyl (C=O) groups excluding carboxylic acids is 7. The van der Waals surface area contributed by atoms with E-state index in [-0.39, 0.29) is 146 Å². The molecular weight excluding hydrogens is 1070 g/mol. The highest BCUT2D eigenvalue weighted by Gasteiger charge is 2.41. The van der Waals surface area contributed by atoms with Gasteiger partial charge in [0.25, 0.3) is 0 Å². The molecule has 20 heteroatoms. The van der Waals surface area contributed by atoms with E-state index in [0.29, 0.717) is 30.7 Å². The highest BCUT2D eigenvalue weighted by atomic mass is 32.1. The molecule has 4 rings (SSSR count). The first kappa shape index (κ1) is 70.6. The number of aromatic carboxylic acids is 1. The minimum Gasteiger partial charge on any atom is -0.476 e. The van der Waals surface area contributed by atoms with Crippen molar-refractivity contribution in [3.63, 3.8) is 0 Å². The lowest BCUT2D eigenvalue weighted by Gasteiger charge is -2.39. The van der Waals surface area contributed by atoms with Crippen LogP contribution in [-0.2, 0) is 43.0 Å². The molecule has 0 bridgehead atoms. The van der Waals surface area contributed by atoms with Crippen molar-refractivity contribution in [3.8, 4) is 0 Å². The van der Waals surface area contributed by atoms with E-state index < -0.39 is 23.8 Å². The van der Waals surface area contributed by atoms with Crippen molar-refractivity contribution >= 4 is 69.9 Å². The van der Waals surface area contributed by atoms with E-state index >= 15 is 0 Å². The summed E-state index contributed by atoms with van der Waals surface area (Å²) in [7, 11) is 5.29. The Hall–Kier alpha value is -4.66. The van der Waals surface area contributed by atoms with Gasteiger partial charge in [-0.1, -0.05) is 109 Å². The van der Waals surface area contributed by atoms with Gasteiger partial charge in [-0.15, -0.1) is 22.7 Å². The normalized spacial score (nSPS) is 18.9. The van der Waals surface area contributed by atoms with E-state index in [2.05, 4.69) is 19.8 Å². The van der Waals surface area contributed by atoms with Gasteiger partial charge in [-0.25, -0.2) is 19.6 Å². The van der Waals surface area contributed by atoms with Gasteiger partial charge in [-0.2, -0.15) is 0 Å². The number of ketones is 2. The first-order valence-electron chi connectivity index (χ1n) is 30.0. The summed E-state index contributed by atoms with van der Waals surface area (Å²) in [6, 6.07) is -0.892. The minimum absolute atomic E-state index is 0.0115. The fraction of sp³-hybridized carbons (Fsp3) is 0.770. The molecule has 2 amide bonds. The Morgan fingerprint density at radius 1 is 0.617 bits per heavy atom. The summed E-state index contributed by atoms with van der Waals surface area (Å²) in [6.45, 7) is 25.5. The molecule has 0 spiro atoms. The number of esters is 3. The zero-order valence-corrected chi connectivity index (χ0v) is 53.3. The van der Waals surface area contributed by atoms with Gasteiger partial charge in [0.15, 0.2) is 36.4 Å². The Bertz CT molecular complexity index is 2320. The van der Waals surface area contributed by atoms with Gasteiger partial charge in [0.2, 0.25) is 11.8 Å². The van der Waals surface area contributed by atoms with Crippen LogP contribution in [0.3, 0.4) is 0 Å². The lowest BCUT2D eigenvalue weighted by molar-refractivity contribution is -0.161. The van der Waals surface area contributed by atoms with Crippen molar-refractivity contribution in [2.45, 2.75) is 222 Å². The molecule has 0 aliphatic carbocycles. The quantitative estimate of drug-likeness (QED) is 0.0408. The van der Waals surface area contributed by atoms with Crippen molar-refractivity contribution in [1.29, 1.82) is 0 Å². The van der Waals surface area contributed by atoms with E-state index in [0.717, 1.165) is 69.5 Å². The van der Waals surface area contributed by atoms with E-state index in [1.165, 1.54) is 35.2 Å². The van der Waals surface area contributed by atoms with E-state index in [4.69, 9.17) is 14.2 Å². The molecule has 4 heterocycles. The first-order chi connectivity index (χ1) is 38.3. The van der Waals surface area contributed by atoms with Gasteiger partial charge < -0.3 is 29.1 Å². The van der Waals surface area contributed by atoms with Crippen LogP contribution < -0.4 is 0 Å². The maximum atomic E-state index is 14.4. The van der Waals surface area contributed by atoms with Crippen LogP contribution in [0.5, 0.6) is 0 Å². The van der Waals surface area contributed by atoms with Crippen LogP contribution in [0.25, 0.3) is 0 Å². The number of carboxylic acid groups (broad SMARTS) is 1. The second kappa shape index (κ2) is 35.5. The van der Waals surface area contributed by atoms with Crippen LogP contribution in [0, 0.1) is 35.5 Å². The number of carboxylic acids is 1. The molecule has 2 aliphatic heterocycles. The highest BCUT2D eigenvalue weighted by molar-refractivity contribution is 7.10. The number of rotatable bonds is 32. The van der Waals surface area contributed by atoms with Crippen LogP contribution >= 0.6 is 22.7 Å². The Labute approximate surface area is 492 Å². The van der Waals surface area contributed by atoms with Crippen LogP contribution in [-0.4, -0.2) is 154 Å². The number of amides is 2. The van der Waals surface area contributed by atoms with Gasteiger partial charge in [-0.05, 0) is 102 Å². The monoisotopic (exact) mass is 1170 g/mol. The third-order valence-electron chi connectivity index (χ3n) is 16.7. The van der Waals surface area contributed by atoms with Crippen LogP contribution in [0.1, 0.15) is 229 Å². The summed E-state index contributed by atoms with van der Waals surface area (Å²) < 4.78 is 16.0. The molecule has 2 aromatic rings. The predicted octanol–water partition coefficient (Wildman–Crippen LogP) is 11.3. The molecule has 2 saturated heterocycles. The van der Waals surface area contributed by atoms with Crippen molar-refractivity contribution in [1.82, 2.24) is 29.6 Å². The summed E-state index contributed by atoms with van der Waals surface area (Å²) in [5.41, 5.74) is 0.280. The largest absolute Gasteiger partial charge is 0.476 e. The second-order valence-electron chi connectivity index (χ2n) is 23.6. The molecule has 2 aromatic heterocycles. The molecule has 2 fully saturated rings. The number of likely N-dealkylation sites (tertiary alicyclic amines) is 2. The van der Waals surface area contributed by atoms with Crippen LogP contribution in [0.2, 0.25) is 0 Å². The number of piperidine rings is 2. The zero-order chi connectivity index (χ0) is 60.7. The number of methoxy groups -OCH3 is 1. The SMILES string of the molecule is CCCC(=O)OCN(C(=O)[C@@H](CC(=O)C1CCCCN1C)[C@@H](C)CC)[C@H](C[C@@H](C)c1nc(C(=O)O)cs1)C(C)C.CCCC(=O)OCN(C(=O)[C@@H](CC(=O)C1CCCCN1C)[C@@H](C)CC)[C@H](C[C@@H](C)c1nc(C(=O)OC)cs1)C(C)C. The van der Waals surface area contributed by atoms with E-state index in [1.54, 1.807) is 15.2 Å². The first-order valence-corrected chi connectivity index (χ1v) is 31.7. The van der Waals surface area contributed by atoms with E-state index in [9.17, 15) is 43.5 Å². The van der Waals surface area contributed by atoms with Crippen LogP contribution in [0.15, 0.2) is 10.8 Å². The lowest BCUT2D eigenvalue weighted by Crippen LogP contribution is -2.50. The fourth-order valence-corrected chi connectivity index (χ4v) is 12.7. The number of ether oxygens (including phenoxy) is 3. The number of nitrogens with zero attached hydrogens (tertiary/aromatic N) is 6. The molecular formula is C61H100N6O12S2. The maximum absolute atomic E-state index is 14.4. The molecule has 0 radical (unpaired) electrons. The Balaban J connectivity index is 0.000000425. The molecule has 18 nitrogen and oxygen atoms in total. The van der Waals surface area contributed by atoms with Crippen LogP contribution in [0.4, 0.5) is 0 Å². The van der Waals surface area contributed by atoms with Gasteiger partial charge in [0.1, 0.15) is 0 Å². The van der Waals surface area contributed by atoms with Crippen molar-refractivity contribution < 1.29 is 57.7 Å². The molecule has 0 saturated carbocycles. The number of likely N-dealkylation sites (N-methyl/N-ethyl adjacent to an activating group) is 2. The van der Waals surface area contributed by atoms with Gasteiger partial charge in [0.05, 0.1) is 29.2 Å². The molecule has 81 heavy (non-hydrogen) atoms. The average Bonchev–Trinajstić information content (AvgIpc) is 4.19. The molecule has 0 aromatic carbocycles. The summed E-state index contributed by atoms with van der Waals surface area (Å²) >= 11 is 2.68. The summed E-state index contributed by atoms with van der Waals surface area (Å²) in [5.74, 6) is -3.53. The lowest BCUT2D eigenvalue weighted by atomic mass is 9.82. The Kier molecular flexibility index (Phi) is 30.9. The Morgan fingerprint density at radius 2 is 1.00 bits per heavy atom. The van der Waals surface area contributed by atoms with Gasteiger partial charge >= 0.3 is 23.9 Å². The number of thiazole rings is 2. The summed E-state index contributed by atoms with van der Waals surface area (Å²) in [6.07, 6.45) is 10.6. The second-order valence-corrected chi connectivity index (χ2v) is 25.3. The number of Topliss-reactive ketones (excluding diaryl/α,β-unsaturated/α-hetero) is 2. The van der Waals surface area contributed by atoms with Gasteiger partial charge in [0, 0.05) is 72.2 Å². The smallest absolute Gasteiger partial charge is 0.357 e. The molecule has 1 N–H and O–H groups in total. The fourth-order valence-electron chi connectivity index (χ4n) is 11.0. The number of hydrogen-bond acceptors (Lipinski definition) is 17. The molecule has 2 unspecified atom stereocenters. The van der Waals surface area contributed by atoms with Crippen molar-refractivity contribution in [3.05, 3.63) is 32.2 Å². The summed E-state index contributed by atoms with van der Waals surface area (Å²) in [5, 5.41) is 14.0. The zero-order valence-electron chi connectivity index (χ0n) is 51.7. The highest BCUT2D eigenvalue weighted by Crippen LogP contribution is 2.35. The summed E-state index contributed by atoms with van der Waals surface area (Å²) in [4.78, 5) is 120. The van der Waals surface area contributed by atoms with Crippen molar-refractivity contribution in [2.75, 3.05) is 47.8 Å². The standard InChI is InChI=1S/C31H51N3O6S.C30H49N3O6S/c1-9-13-28(36)40-19-34(26(20(3)4)16-22(6)29-32-24(18-41-29)31(38)39-8)30(37)23(21(5)10-2)17-27(35)25-14-11-12-15-33(25)7;1-8-12-27(35)39-18-33(25(19(3)4)15-21(6)28-31-23(17-40-28)30(37)38)29(36)22(20(5)9-2)16-26(34)24-13-10-11-14-32(24)7/h18,20-23,25-26H,9-17,19H2,1-8H3;17,19-22,24-25H,8-16,18H2,1-7H3,(H,37,38)/t21-,22+,23-,25?,26+;20-,21+,22-,24?,25+/m00/s1. The number of hydrogen-bond donors (Lipinski definition) is 1. The topological polar surface area (TPSA) is 223 Å². The molecule has 10 atom stereocenters.